The van der Waals surface area contributed by atoms with Gasteiger partial charge in [-0.05, 0) is 63.7 Å². The van der Waals surface area contributed by atoms with Crippen LogP contribution in [0.25, 0.3) is 11.0 Å². The molecule has 5 rings (SSSR count). The first kappa shape index (κ1) is 23.0. The molecule has 2 saturated heterocycles. The number of likely N-dealkylation sites (tertiary alicyclic amines) is 2. The van der Waals surface area contributed by atoms with Crippen LogP contribution in [0.1, 0.15) is 44.2 Å². The van der Waals surface area contributed by atoms with Crippen molar-refractivity contribution in [2.75, 3.05) is 45.1 Å². The normalized spacial score (nSPS) is 19.1. The van der Waals surface area contributed by atoms with Gasteiger partial charge in [-0.2, -0.15) is 4.98 Å². The SMILES string of the molecule is CCOc1nc2cc(F)ccc2n1C1CCN(CC2CCN(Cc3cnc(N)nc3)CC2)CC1. The predicted molar refractivity (Wildman–Crippen MR) is 130 cm³/mol. The molecular weight excluding hydrogens is 433 g/mol. The molecule has 2 aliphatic rings. The monoisotopic (exact) mass is 467 g/mol. The third kappa shape index (κ3) is 5.15. The highest BCUT2D eigenvalue weighted by Gasteiger charge is 2.28. The number of hydrogen-bond acceptors (Lipinski definition) is 7. The number of halogens is 1. The van der Waals surface area contributed by atoms with Crippen molar-refractivity contribution in [3.8, 4) is 6.01 Å². The van der Waals surface area contributed by atoms with Crippen LogP contribution in [0, 0.1) is 11.7 Å². The van der Waals surface area contributed by atoms with Crippen molar-refractivity contribution >= 4 is 17.0 Å². The second kappa shape index (κ2) is 10.2. The number of anilines is 1. The van der Waals surface area contributed by atoms with E-state index >= 15 is 0 Å². The van der Waals surface area contributed by atoms with Crippen LogP contribution >= 0.6 is 0 Å². The molecule has 182 valence electrons. The Bertz CT molecular complexity index is 1090. The van der Waals surface area contributed by atoms with Gasteiger partial charge < -0.3 is 15.4 Å². The predicted octanol–water partition coefficient (Wildman–Crippen LogP) is 3.50. The maximum absolute atomic E-state index is 13.7. The van der Waals surface area contributed by atoms with Crippen molar-refractivity contribution in [3.63, 3.8) is 0 Å². The number of rotatable bonds is 7. The molecule has 0 aliphatic carbocycles. The molecule has 4 heterocycles. The van der Waals surface area contributed by atoms with E-state index in [-0.39, 0.29) is 5.82 Å². The van der Waals surface area contributed by atoms with E-state index in [1.165, 1.54) is 31.5 Å². The third-order valence-electron chi connectivity index (χ3n) is 7.17. The zero-order valence-electron chi connectivity index (χ0n) is 19.9. The summed E-state index contributed by atoms with van der Waals surface area (Å²) < 4.78 is 21.7. The van der Waals surface area contributed by atoms with E-state index < -0.39 is 0 Å². The largest absolute Gasteiger partial charge is 0.465 e. The number of imidazole rings is 1. The first-order chi connectivity index (χ1) is 16.6. The number of nitrogen functional groups attached to an aromatic ring is 1. The van der Waals surface area contributed by atoms with Crippen LogP contribution in [-0.2, 0) is 6.54 Å². The van der Waals surface area contributed by atoms with Gasteiger partial charge in [0.05, 0.1) is 17.6 Å². The lowest BCUT2D eigenvalue weighted by atomic mass is 9.94. The number of fused-ring (bicyclic) bond motifs is 1. The van der Waals surface area contributed by atoms with Crippen LogP contribution in [-0.4, -0.2) is 68.6 Å². The van der Waals surface area contributed by atoms with Crippen molar-refractivity contribution in [2.45, 2.75) is 45.2 Å². The third-order valence-corrected chi connectivity index (χ3v) is 7.17. The van der Waals surface area contributed by atoms with Gasteiger partial charge in [-0.25, -0.2) is 14.4 Å². The summed E-state index contributed by atoms with van der Waals surface area (Å²) in [6.07, 6.45) is 8.22. The fourth-order valence-electron chi connectivity index (χ4n) is 5.39. The van der Waals surface area contributed by atoms with Gasteiger partial charge in [0.1, 0.15) is 5.82 Å². The van der Waals surface area contributed by atoms with Crippen molar-refractivity contribution in [3.05, 3.63) is 42.0 Å². The lowest BCUT2D eigenvalue weighted by molar-refractivity contribution is 0.114. The first-order valence-electron chi connectivity index (χ1n) is 12.4. The van der Waals surface area contributed by atoms with Gasteiger partial charge in [0.2, 0.25) is 5.95 Å². The van der Waals surface area contributed by atoms with Crippen molar-refractivity contribution in [1.82, 2.24) is 29.3 Å². The zero-order valence-corrected chi connectivity index (χ0v) is 19.9. The molecule has 0 atom stereocenters. The molecule has 0 bridgehead atoms. The van der Waals surface area contributed by atoms with Crippen molar-refractivity contribution < 1.29 is 9.13 Å². The molecule has 0 unspecified atom stereocenters. The van der Waals surface area contributed by atoms with Crippen molar-refractivity contribution in [1.29, 1.82) is 0 Å². The molecular formula is C25H34FN7O. The van der Waals surface area contributed by atoms with Crippen LogP contribution < -0.4 is 10.5 Å². The molecule has 2 N–H and O–H groups in total. The molecule has 0 saturated carbocycles. The standard InChI is InChI=1S/C25H34FN7O/c1-2-34-25-30-22-13-20(26)3-4-23(22)33(25)21-7-11-32(12-8-21)16-18-5-9-31(10-6-18)17-19-14-28-24(27)29-15-19/h3-4,13-15,18,21H,2,5-12,16-17H2,1H3,(H2,27,28,29). The number of hydrogen-bond donors (Lipinski definition) is 1. The summed E-state index contributed by atoms with van der Waals surface area (Å²) in [5, 5.41) is 0. The molecule has 0 amide bonds. The Kier molecular flexibility index (Phi) is 6.92. The zero-order chi connectivity index (χ0) is 23.5. The van der Waals surface area contributed by atoms with E-state index in [0.29, 0.717) is 30.1 Å². The van der Waals surface area contributed by atoms with Crippen molar-refractivity contribution in [2.24, 2.45) is 5.92 Å². The van der Waals surface area contributed by atoms with Gasteiger partial charge in [-0.3, -0.25) is 9.47 Å². The smallest absolute Gasteiger partial charge is 0.297 e. The van der Waals surface area contributed by atoms with Crippen LogP contribution in [0.5, 0.6) is 6.01 Å². The molecule has 9 heteroatoms. The summed E-state index contributed by atoms with van der Waals surface area (Å²) in [5.74, 6) is 0.810. The molecule has 2 aliphatic heterocycles. The lowest BCUT2D eigenvalue weighted by Gasteiger charge is -2.38. The molecule has 2 fully saturated rings. The minimum absolute atomic E-state index is 0.261. The summed E-state index contributed by atoms with van der Waals surface area (Å²) in [7, 11) is 0. The average molecular weight is 468 g/mol. The average Bonchev–Trinajstić information content (AvgIpc) is 3.19. The number of piperidine rings is 2. The highest BCUT2D eigenvalue weighted by molar-refractivity contribution is 5.77. The molecule has 1 aromatic carbocycles. The second-order valence-electron chi connectivity index (χ2n) is 9.53. The second-order valence-corrected chi connectivity index (χ2v) is 9.53. The summed E-state index contributed by atoms with van der Waals surface area (Å²) >= 11 is 0. The van der Waals surface area contributed by atoms with Gasteiger partial charge >= 0.3 is 0 Å². The van der Waals surface area contributed by atoms with E-state index in [2.05, 4.69) is 29.3 Å². The molecule has 0 radical (unpaired) electrons. The highest BCUT2D eigenvalue weighted by Crippen LogP contribution is 2.33. The molecule has 2 aromatic heterocycles. The maximum atomic E-state index is 13.7. The Balaban J connectivity index is 1.13. The summed E-state index contributed by atoms with van der Waals surface area (Å²) in [6, 6.07) is 5.78. The molecule has 0 spiro atoms. The van der Waals surface area contributed by atoms with Gasteiger partial charge in [0.15, 0.2) is 0 Å². The van der Waals surface area contributed by atoms with E-state index in [0.717, 1.165) is 62.6 Å². The Labute approximate surface area is 199 Å². The summed E-state index contributed by atoms with van der Waals surface area (Å²) in [6.45, 7) is 8.93. The fraction of sp³-hybridized carbons (Fsp3) is 0.560. The fourth-order valence-corrected chi connectivity index (χ4v) is 5.39. The van der Waals surface area contributed by atoms with E-state index in [4.69, 9.17) is 10.5 Å². The minimum atomic E-state index is -0.261. The number of nitrogens with zero attached hydrogens (tertiary/aromatic N) is 6. The summed E-state index contributed by atoms with van der Waals surface area (Å²) in [4.78, 5) is 17.9. The Morgan fingerprint density at radius 3 is 2.44 bits per heavy atom. The minimum Gasteiger partial charge on any atom is -0.465 e. The van der Waals surface area contributed by atoms with Crippen LogP contribution in [0.3, 0.4) is 0 Å². The van der Waals surface area contributed by atoms with Gasteiger partial charge in [-0.15, -0.1) is 0 Å². The number of benzene rings is 1. The van der Waals surface area contributed by atoms with E-state index in [9.17, 15) is 4.39 Å². The first-order valence-corrected chi connectivity index (χ1v) is 12.4. The van der Waals surface area contributed by atoms with Crippen LogP contribution in [0.15, 0.2) is 30.6 Å². The van der Waals surface area contributed by atoms with E-state index in [1.807, 2.05) is 25.4 Å². The van der Waals surface area contributed by atoms with Crippen LogP contribution in [0.2, 0.25) is 0 Å². The number of ether oxygens (including phenoxy) is 1. The molecule has 34 heavy (non-hydrogen) atoms. The highest BCUT2D eigenvalue weighted by atomic mass is 19.1. The summed E-state index contributed by atoms with van der Waals surface area (Å²) in [5.41, 5.74) is 8.34. The maximum Gasteiger partial charge on any atom is 0.297 e. The molecule has 3 aromatic rings. The quantitative estimate of drug-likeness (QED) is 0.569. The topological polar surface area (TPSA) is 85.3 Å². The molecule has 8 nitrogen and oxygen atoms in total. The Hall–Kier alpha value is -2.78. The Morgan fingerprint density at radius 1 is 1.03 bits per heavy atom. The van der Waals surface area contributed by atoms with E-state index in [1.54, 1.807) is 0 Å². The van der Waals surface area contributed by atoms with Gasteiger partial charge in [0.25, 0.3) is 6.01 Å². The van der Waals surface area contributed by atoms with Gasteiger partial charge in [0, 0.05) is 56.2 Å². The Morgan fingerprint density at radius 2 is 1.74 bits per heavy atom. The number of nitrogens with two attached hydrogens (primary N) is 1. The lowest BCUT2D eigenvalue weighted by Crippen LogP contribution is -2.41. The van der Waals surface area contributed by atoms with Gasteiger partial charge in [-0.1, -0.05) is 0 Å². The number of aromatic nitrogens is 4. The van der Waals surface area contributed by atoms with Crippen LogP contribution in [0.4, 0.5) is 10.3 Å².